The molecule has 0 atom stereocenters. The van der Waals surface area contributed by atoms with Gasteiger partial charge in [0.1, 0.15) is 5.60 Å². The molecule has 0 saturated carbocycles. The Morgan fingerprint density at radius 2 is 2.09 bits per heavy atom. The molecule has 0 fully saturated rings. The van der Waals surface area contributed by atoms with Crippen molar-refractivity contribution in [3.8, 4) is 0 Å². The van der Waals surface area contributed by atoms with Crippen molar-refractivity contribution in [2.45, 2.75) is 33.3 Å². The van der Waals surface area contributed by atoms with Crippen molar-refractivity contribution >= 4 is 29.2 Å². The van der Waals surface area contributed by atoms with Crippen molar-refractivity contribution in [3.63, 3.8) is 0 Å². The number of aromatic nitrogens is 2. The Morgan fingerprint density at radius 3 is 2.68 bits per heavy atom. The lowest BCUT2D eigenvalue weighted by Gasteiger charge is -2.19. The van der Waals surface area contributed by atoms with Gasteiger partial charge in [0.25, 0.3) is 0 Å². The lowest BCUT2D eigenvalue weighted by atomic mass is 10.2. The van der Waals surface area contributed by atoms with E-state index in [0.29, 0.717) is 5.82 Å². The highest BCUT2D eigenvalue weighted by molar-refractivity contribution is 5.92. The molecule has 6 nitrogen and oxygen atoms in total. The molecule has 22 heavy (non-hydrogen) atoms. The maximum Gasteiger partial charge on any atom is 0.419 e. The average molecular weight is 302 g/mol. The summed E-state index contributed by atoms with van der Waals surface area (Å²) in [5.74, 6) is 0.603. The van der Waals surface area contributed by atoms with Gasteiger partial charge in [0.15, 0.2) is 5.82 Å². The Kier molecular flexibility index (Phi) is 4.21. The number of nitrogens with zero attached hydrogens (tertiary/aromatic N) is 4. The van der Waals surface area contributed by atoms with Crippen LogP contribution >= 0.6 is 0 Å². The quantitative estimate of drug-likeness (QED) is 0.630. The normalized spacial score (nSPS) is 12.1. The highest BCUT2D eigenvalue weighted by Gasteiger charge is 2.20. The minimum atomic E-state index is -0.537. The van der Waals surface area contributed by atoms with Crippen LogP contribution in [0.4, 0.5) is 10.6 Å². The topological polar surface area (TPSA) is 59.7 Å². The number of carbonyl (C=O) groups excluding carboxylic acids is 1. The largest absolute Gasteiger partial charge is 0.443 e. The molecule has 0 N–H and O–H groups in total. The molecule has 0 aromatic carbocycles. The number of hydrogen-bond donors (Lipinski definition) is 0. The van der Waals surface area contributed by atoms with E-state index in [2.05, 4.69) is 9.98 Å². The number of carbonyl (C=O) groups is 1. The van der Waals surface area contributed by atoms with Crippen LogP contribution < -0.4 is 0 Å². The fourth-order valence-corrected chi connectivity index (χ4v) is 1.99. The second kappa shape index (κ2) is 5.79. The highest BCUT2D eigenvalue weighted by Crippen LogP contribution is 2.24. The van der Waals surface area contributed by atoms with E-state index >= 15 is 0 Å². The Morgan fingerprint density at radius 1 is 1.41 bits per heavy atom. The Hall–Kier alpha value is -2.37. The predicted octanol–water partition coefficient (Wildman–Crippen LogP) is 3.35. The van der Waals surface area contributed by atoms with Crippen molar-refractivity contribution in [2.75, 3.05) is 14.1 Å². The summed E-state index contributed by atoms with van der Waals surface area (Å²) in [4.78, 5) is 22.7. The summed E-state index contributed by atoms with van der Waals surface area (Å²) < 4.78 is 6.90. The zero-order chi connectivity index (χ0) is 16.5. The van der Waals surface area contributed by atoms with Gasteiger partial charge in [-0.2, -0.15) is 0 Å². The molecule has 0 bridgehead atoms. The van der Waals surface area contributed by atoms with E-state index in [1.165, 1.54) is 4.57 Å². The summed E-state index contributed by atoms with van der Waals surface area (Å²) in [7, 11) is 3.79. The van der Waals surface area contributed by atoms with Crippen molar-refractivity contribution in [2.24, 2.45) is 4.99 Å². The third kappa shape index (κ3) is 3.63. The van der Waals surface area contributed by atoms with Crippen LogP contribution in [0.3, 0.4) is 0 Å². The summed E-state index contributed by atoms with van der Waals surface area (Å²) in [6.45, 7) is 7.48. The zero-order valence-corrected chi connectivity index (χ0v) is 13.9. The maximum atomic E-state index is 12.3. The smallest absolute Gasteiger partial charge is 0.419 e. The molecular weight excluding hydrogens is 280 g/mol. The van der Waals surface area contributed by atoms with E-state index in [4.69, 9.17) is 4.74 Å². The second-order valence-corrected chi connectivity index (χ2v) is 6.43. The monoisotopic (exact) mass is 302 g/mol. The first-order valence-corrected chi connectivity index (χ1v) is 7.09. The summed E-state index contributed by atoms with van der Waals surface area (Å²) >= 11 is 0. The first-order valence-electron chi connectivity index (χ1n) is 7.09. The van der Waals surface area contributed by atoms with E-state index in [9.17, 15) is 4.79 Å². The van der Waals surface area contributed by atoms with Crippen LogP contribution in [0.2, 0.25) is 0 Å². The van der Waals surface area contributed by atoms with Crippen LogP contribution in [0.25, 0.3) is 10.9 Å². The molecule has 0 aliphatic rings. The van der Waals surface area contributed by atoms with Gasteiger partial charge in [-0.25, -0.2) is 14.8 Å². The van der Waals surface area contributed by atoms with Crippen LogP contribution in [-0.4, -0.2) is 46.6 Å². The fourth-order valence-electron chi connectivity index (χ4n) is 1.99. The van der Waals surface area contributed by atoms with Gasteiger partial charge in [0, 0.05) is 25.7 Å². The molecule has 0 amide bonds. The van der Waals surface area contributed by atoms with E-state index < -0.39 is 11.7 Å². The highest BCUT2D eigenvalue weighted by atomic mass is 16.6. The number of rotatable bonds is 2. The molecule has 2 rings (SSSR count). The van der Waals surface area contributed by atoms with E-state index in [1.807, 2.05) is 52.8 Å². The summed E-state index contributed by atoms with van der Waals surface area (Å²) in [5, 5.41) is 0.937. The van der Waals surface area contributed by atoms with Crippen LogP contribution in [0.1, 0.15) is 26.3 Å². The van der Waals surface area contributed by atoms with Crippen LogP contribution in [0.15, 0.2) is 23.5 Å². The number of hydrogen-bond acceptors (Lipinski definition) is 4. The van der Waals surface area contributed by atoms with E-state index in [1.54, 1.807) is 18.7 Å². The van der Waals surface area contributed by atoms with Gasteiger partial charge in [-0.05, 0) is 39.3 Å². The molecule has 2 heterocycles. The Bertz CT molecular complexity index is 724. The van der Waals surface area contributed by atoms with Gasteiger partial charge in [-0.3, -0.25) is 4.57 Å². The van der Waals surface area contributed by atoms with Gasteiger partial charge < -0.3 is 9.64 Å². The van der Waals surface area contributed by atoms with Crippen molar-refractivity contribution in [1.29, 1.82) is 0 Å². The molecule has 0 saturated heterocycles. The second-order valence-electron chi connectivity index (χ2n) is 6.43. The molecule has 6 heteroatoms. The maximum absolute atomic E-state index is 12.3. The van der Waals surface area contributed by atoms with E-state index in [-0.39, 0.29) is 0 Å². The summed E-state index contributed by atoms with van der Waals surface area (Å²) in [6.07, 6.45) is 4.69. The Labute approximate surface area is 130 Å². The molecule has 0 spiro atoms. The number of aliphatic imine (C=N–C) groups is 1. The fraction of sp³-hybridized carbons (Fsp3) is 0.438. The van der Waals surface area contributed by atoms with Gasteiger partial charge in [0.05, 0.1) is 18.1 Å². The van der Waals surface area contributed by atoms with Gasteiger partial charge >= 0.3 is 6.09 Å². The first-order chi connectivity index (χ1) is 10.2. The number of pyridine rings is 1. The van der Waals surface area contributed by atoms with Gasteiger partial charge in [0.2, 0.25) is 0 Å². The molecule has 0 unspecified atom stereocenters. The minimum absolute atomic E-state index is 0.406. The lowest BCUT2D eigenvalue weighted by Crippen LogP contribution is -2.26. The number of ether oxygens (including phenoxy) is 1. The standard InChI is InChI=1S/C16H22N4O2/c1-11-9-20(15(21)22-16(2,3)4)13-8-17-14(7-12(11)13)18-10-19(5)6/h7-10H,1-6H3. The molecule has 2 aromatic rings. The minimum Gasteiger partial charge on any atom is -0.443 e. The van der Waals surface area contributed by atoms with Gasteiger partial charge in [-0.1, -0.05) is 0 Å². The van der Waals surface area contributed by atoms with Crippen LogP contribution in [0.5, 0.6) is 0 Å². The lowest BCUT2D eigenvalue weighted by molar-refractivity contribution is 0.0544. The molecule has 118 valence electrons. The average Bonchev–Trinajstić information content (AvgIpc) is 2.72. The van der Waals surface area contributed by atoms with E-state index in [0.717, 1.165) is 16.5 Å². The molecule has 0 radical (unpaired) electrons. The Balaban J connectivity index is 2.41. The third-order valence-electron chi connectivity index (χ3n) is 2.89. The molecule has 0 aliphatic carbocycles. The van der Waals surface area contributed by atoms with Crippen molar-refractivity contribution in [3.05, 3.63) is 24.0 Å². The molecule has 0 aliphatic heterocycles. The van der Waals surface area contributed by atoms with Crippen molar-refractivity contribution < 1.29 is 9.53 Å². The van der Waals surface area contributed by atoms with Crippen LogP contribution in [-0.2, 0) is 4.74 Å². The SMILES string of the molecule is Cc1cn(C(=O)OC(C)(C)C)c2cnc(N=CN(C)C)cc12. The van der Waals surface area contributed by atoms with Crippen molar-refractivity contribution in [1.82, 2.24) is 14.5 Å². The predicted molar refractivity (Wildman–Crippen MR) is 87.9 cm³/mol. The third-order valence-corrected chi connectivity index (χ3v) is 2.89. The molecule has 2 aromatic heterocycles. The first kappa shape index (κ1) is 16.0. The molecular formula is C16H22N4O2. The summed E-state index contributed by atoms with van der Waals surface area (Å²) in [6, 6.07) is 1.87. The number of fused-ring (bicyclic) bond motifs is 1. The number of aryl methyl sites for hydroxylation is 1. The zero-order valence-electron chi connectivity index (χ0n) is 13.9. The summed E-state index contributed by atoms with van der Waals surface area (Å²) in [5.41, 5.74) is 1.16. The van der Waals surface area contributed by atoms with Crippen LogP contribution in [0, 0.1) is 6.92 Å². The van der Waals surface area contributed by atoms with Gasteiger partial charge in [-0.15, -0.1) is 0 Å².